The minimum atomic E-state index is -4.23. The van der Waals surface area contributed by atoms with Crippen LogP contribution in [0.4, 0.5) is 5.82 Å². The summed E-state index contributed by atoms with van der Waals surface area (Å²) < 4.78 is 40.4. The fourth-order valence-corrected chi connectivity index (χ4v) is 7.49. The second-order valence-corrected chi connectivity index (χ2v) is 14.0. The fraction of sp³-hybridized carbons (Fsp3) is 0.444. The first kappa shape index (κ1) is 38.3. The first-order valence-electron chi connectivity index (χ1n) is 16.9. The van der Waals surface area contributed by atoms with Crippen LogP contribution in [0.25, 0.3) is 0 Å². The molecule has 14 heteroatoms. The lowest BCUT2D eigenvalue weighted by atomic mass is 10.0. The number of amides is 2. The summed E-state index contributed by atoms with van der Waals surface area (Å²) in [6.45, 7) is 4.99. The largest absolute Gasteiger partial charge is 0.494 e. The van der Waals surface area contributed by atoms with Gasteiger partial charge in [0.05, 0.1) is 18.6 Å². The van der Waals surface area contributed by atoms with Gasteiger partial charge in [0.2, 0.25) is 15.9 Å². The summed E-state index contributed by atoms with van der Waals surface area (Å²) in [6.07, 6.45) is 9.36. The van der Waals surface area contributed by atoms with Gasteiger partial charge in [0.1, 0.15) is 17.6 Å². The van der Waals surface area contributed by atoms with E-state index in [1.54, 1.807) is 44.2 Å². The number of nitrogens with two attached hydrogens (primary N) is 1. The minimum Gasteiger partial charge on any atom is -0.494 e. The number of anilines is 1. The summed E-state index contributed by atoms with van der Waals surface area (Å²) >= 11 is 0. The number of allylic oxidation sites excluding steroid dienone is 5. The van der Waals surface area contributed by atoms with E-state index < -0.39 is 33.9 Å². The van der Waals surface area contributed by atoms with E-state index in [4.69, 9.17) is 20.2 Å². The van der Waals surface area contributed by atoms with Crippen molar-refractivity contribution in [3.05, 3.63) is 93.2 Å². The topological polar surface area (TPSA) is 191 Å². The summed E-state index contributed by atoms with van der Waals surface area (Å²) in [5.74, 6) is -0.581. The van der Waals surface area contributed by atoms with Crippen LogP contribution in [0, 0.1) is 5.92 Å². The van der Waals surface area contributed by atoms with E-state index in [-0.39, 0.29) is 30.4 Å². The van der Waals surface area contributed by atoms with Crippen molar-refractivity contribution < 1.29 is 32.3 Å². The molecule has 2 heterocycles. The van der Waals surface area contributed by atoms with Crippen molar-refractivity contribution in [2.45, 2.75) is 58.4 Å². The Bertz CT molecular complexity index is 1720. The summed E-state index contributed by atoms with van der Waals surface area (Å²) in [5.41, 5.74) is 9.46. The summed E-state index contributed by atoms with van der Waals surface area (Å²) in [4.78, 5) is 42.2. The standard InChI is InChI=1S/C36H48N6O7S/c1-24-8-17-30(49-21-5-7-32(43)38-20-18-37)22-25(2)33(24)50(46,47)42-31(36(45)48-3)23-40-35(44)28-12-9-26(10-13-28)11-15-29-16-14-27-6-4-19-39-34(27)41-29/h8-10,12-14,16-17,22,24,31,42H,4-7,11,15,18-21,23,37H2,1-3H3,(H,38,43)(H,39,41)(H,40,44). The quantitative estimate of drug-likeness (QED) is 0.121. The molecule has 0 saturated heterocycles. The second-order valence-electron chi connectivity index (χ2n) is 12.3. The monoisotopic (exact) mass is 708 g/mol. The molecule has 0 fully saturated rings. The Morgan fingerprint density at radius 3 is 2.62 bits per heavy atom. The lowest BCUT2D eigenvalue weighted by molar-refractivity contribution is -0.142. The molecule has 0 bridgehead atoms. The van der Waals surface area contributed by atoms with Crippen LogP contribution >= 0.6 is 0 Å². The van der Waals surface area contributed by atoms with Crippen LogP contribution in [0.15, 0.2) is 70.9 Å². The molecule has 0 spiro atoms. The molecule has 270 valence electrons. The van der Waals surface area contributed by atoms with E-state index in [1.165, 1.54) is 5.56 Å². The number of sulfonamides is 1. The smallest absolute Gasteiger partial charge is 0.325 e. The highest BCUT2D eigenvalue weighted by Gasteiger charge is 2.32. The van der Waals surface area contributed by atoms with Crippen LogP contribution in [0.1, 0.15) is 60.3 Å². The number of benzene rings is 1. The molecule has 2 aromatic rings. The molecular formula is C36H48N6O7S. The average molecular weight is 709 g/mol. The SMILES string of the molecule is COC(=O)C(CNC(=O)c1ccc(CCc2ccc3c(n2)NCCC3)cc1)NS(=O)(=O)C1=C(C)C=C(OCCCC(=O)NCCN)C=CC1C. The van der Waals surface area contributed by atoms with Crippen molar-refractivity contribution in [2.75, 3.05) is 45.2 Å². The van der Waals surface area contributed by atoms with Crippen LogP contribution in [-0.2, 0) is 48.3 Å². The molecule has 1 aliphatic carbocycles. The van der Waals surface area contributed by atoms with Crippen LogP contribution in [0.5, 0.6) is 0 Å². The summed E-state index contributed by atoms with van der Waals surface area (Å²) in [7, 11) is -3.08. The van der Waals surface area contributed by atoms with Crippen molar-refractivity contribution in [3.8, 4) is 0 Å². The predicted molar refractivity (Wildman–Crippen MR) is 191 cm³/mol. The highest BCUT2D eigenvalue weighted by molar-refractivity contribution is 7.93. The normalized spacial score (nSPS) is 16.3. The maximum atomic E-state index is 13.7. The van der Waals surface area contributed by atoms with Gasteiger partial charge in [-0.3, -0.25) is 14.4 Å². The highest BCUT2D eigenvalue weighted by atomic mass is 32.2. The third kappa shape index (κ3) is 11.0. The summed E-state index contributed by atoms with van der Waals surface area (Å²) in [6, 6.07) is 9.94. The molecule has 13 nitrogen and oxygen atoms in total. The Morgan fingerprint density at radius 2 is 1.88 bits per heavy atom. The molecular weight excluding hydrogens is 660 g/mol. The molecule has 6 N–H and O–H groups in total. The number of carbonyl (C=O) groups excluding carboxylic acids is 3. The van der Waals surface area contributed by atoms with E-state index in [1.807, 2.05) is 12.1 Å². The zero-order valence-corrected chi connectivity index (χ0v) is 29.7. The lowest BCUT2D eigenvalue weighted by Gasteiger charge is -2.21. The fourth-order valence-electron chi connectivity index (χ4n) is 5.75. The molecule has 1 aromatic carbocycles. The number of rotatable bonds is 17. The third-order valence-corrected chi connectivity index (χ3v) is 10.2. The Morgan fingerprint density at radius 1 is 1.10 bits per heavy atom. The first-order chi connectivity index (χ1) is 24.0. The number of nitrogens with zero attached hydrogens (tertiary/aromatic N) is 1. The van der Waals surface area contributed by atoms with Crippen molar-refractivity contribution in [2.24, 2.45) is 11.7 Å². The van der Waals surface area contributed by atoms with Crippen LogP contribution in [0.3, 0.4) is 0 Å². The number of pyridine rings is 1. The minimum absolute atomic E-state index is 0.0474. The van der Waals surface area contributed by atoms with Crippen LogP contribution in [0.2, 0.25) is 0 Å². The zero-order chi connectivity index (χ0) is 36.1. The van der Waals surface area contributed by atoms with Gasteiger partial charge in [-0.25, -0.2) is 13.4 Å². The van der Waals surface area contributed by atoms with E-state index in [0.29, 0.717) is 36.4 Å². The van der Waals surface area contributed by atoms with Crippen molar-refractivity contribution in [3.63, 3.8) is 0 Å². The molecule has 50 heavy (non-hydrogen) atoms. The molecule has 2 amide bonds. The lowest BCUT2D eigenvalue weighted by Crippen LogP contribution is -2.49. The first-order valence-corrected chi connectivity index (χ1v) is 18.4. The number of fused-ring (bicyclic) bond motifs is 1. The van der Waals surface area contributed by atoms with Gasteiger partial charge in [-0.15, -0.1) is 0 Å². The number of aromatic nitrogens is 1. The average Bonchev–Trinajstić information content (AvgIpc) is 3.26. The van der Waals surface area contributed by atoms with Gasteiger partial charge in [0.25, 0.3) is 5.91 Å². The van der Waals surface area contributed by atoms with E-state index in [9.17, 15) is 22.8 Å². The van der Waals surface area contributed by atoms with Crippen molar-refractivity contribution in [1.29, 1.82) is 0 Å². The Kier molecular flexibility index (Phi) is 14.1. The maximum absolute atomic E-state index is 13.7. The Hall–Kier alpha value is -4.53. The predicted octanol–water partition coefficient (Wildman–Crippen LogP) is 2.65. The number of hydrogen-bond donors (Lipinski definition) is 5. The van der Waals surface area contributed by atoms with E-state index in [0.717, 1.165) is 56.4 Å². The second kappa shape index (κ2) is 18.5. The van der Waals surface area contributed by atoms with Gasteiger partial charge in [0, 0.05) is 49.8 Å². The zero-order valence-electron chi connectivity index (χ0n) is 28.9. The highest BCUT2D eigenvalue weighted by Crippen LogP contribution is 2.28. The number of esters is 1. The molecule has 2 unspecified atom stereocenters. The van der Waals surface area contributed by atoms with E-state index >= 15 is 0 Å². The molecule has 4 rings (SSSR count). The van der Waals surface area contributed by atoms with E-state index in [2.05, 4.69) is 32.8 Å². The molecule has 1 aliphatic heterocycles. The van der Waals surface area contributed by atoms with Gasteiger partial charge in [-0.2, -0.15) is 4.72 Å². The Labute approximate surface area is 294 Å². The van der Waals surface area contributed by atoms with Gasteiger partial charge < -0.3 is 31.2 Å². The third-order valence-electron chi connectivity index (χ3n) is 8.37. The summed E-state index contributed by atoms with van der Waals surface area (Å²) in [5, 5.41) is 8.71. The molecule has 0 saturated carbocycles. The number of carbonyl (C=O) groups is 3. The number of nitrogens with one attached hydrogen (secondary N) is 4. The van der Waals surface area contributed by atoms with Crippen LogP contribution < -0.4 is 26.4 Å². The number of methoxy groups -OCH3 is 1. The van der Waals surface area contributed by atoms with Crippen LogP contribution in [-0.4, -0.2) is 77.1 Å². The van der Waals surface area contributed by atoms with Crippen molar-refractivity contribution >= 4 is 33.6 Å². The molecule has 1 aromatic heterocycles. The molecule has 2 atom stereocenters. The van der Waals surface area contributed by atoms with Gasteiger partial charge in [-0.1, -0.05) is 31.2 Å². The van der Waals surface area contributed by atoms with Gasteiger partial charge in [0.15, 0.2) is 0 Å². The number of ether oxygens (including phenoxy) is 2. The molecule has 2 aliphatic rings. The van der Waals surface area contributed by atoms with Gasteiger partial charge >= 0.3 is 5.97 Å². The number of aryl methyl sites for hydroxylation is 3. The number of hydrogen-bond acceptors (Lipinski definition) is 10. The van der Waals surface area contributed by atoms with Gasteiger partial charge in [-0.05, 0) is 86.1 Å². The van der Waals surface area contributed by atoms with Crippen molar-refractivity contribution in [1.82, 2.24) is 20.3 Å². The maximum Gasteiger partial charge on any atom is 0.325 e. The molecule has 0 radical (unpaired) electrons. The Balaban J connectivity index is 1.33.